The van der Waals surface area contributed by atoms with Gasteiger partial charge in [0, 0.05) is 31.1 Å². The predicted octanol–water partition coefficient (Wildman–Crippen LogP) is 2.69. The van der Waals surface area contributed by atoms with E-state index in [2.05, 4.69) is 41.5 Å². The normalized spacial score (nSPS) is 12.5. The van der Waals surface area contributed by atoms with E-state index in [0.29, 0.717) is 6.04 Å². The zero-order valence-electron chi connectivity index (χ0n) is 11.2. The van der Waals surface area contributed by atoms with Crippen LogP contribution in [0.3, 0.4) is 0 Å². The van der Waals surface area contributed by atoms with E-state index in [1.807, 2.05) is 6.92 Å². The van der Waals surface area contributed by atoms with Gasteiger partial charge in [-0.1, -0.05) is 6.92 Å². The Hall–Kier alpha value is -0.160. The minimum atomic E-state index is 0. The number of halogens is 1. The summed E-state index contributed by atoms with van der Waals surface area (Å²) in [6.45, 7) is 9.55. The van der Waals surface area contributed by atoms with E-state index in [0.717, 1.165) is 30.3 Å². The van der Waals surface area contributed by atoms with Crippen molar-refractivity contribution in [1.82, 2.24) is 15.2 Å². The minimum Gasteiger partial charge on any atom is -0.310 e. The number of hydrogen-bond acceptors (Lipinski definition) is 4. The Bertz CT molecular complexity index is 304. The third kappa shape index (κ3) is 6.36. The van der Waals surface area contributed by atoms with Crippen molar-refractivity contribution in [3.8, 4) is 0 Å². The zero-order valence-corrected chi connectivity index (χ0v) is 12.8. The predicted molar refractivity (Wildman–Crippen MR) is 78.2 cm³/mol. The molecule has 1 unspecified atom stereocenters. The molecule has 1 aromatic rings. The van der Waals surface area contributed by atoms with E-state index >= 15 is 0 Å². The highest BCUT2D eigenvalue weighted by atomic mass is 35.5. The maximum absolute atomic E-state index is 4.42. The quantitative estimate of drug-likeness (QED) is 0.777. The summed E-state index contributed by atoms with van der Waals surface area (Å²) < 4.78 is 0. The Balaban J connectivity index is 0.00000256. The van der Waals surface area contributed by atoms with Crippen LogP contribution in [0, 0.1) is 6.92 Å². The molecule has 0 aromatic carbocycles. The Labute approximate surface area is 115 Å². The molecule has 0 saturated heterocycles. The minimum absolute atomic E-state index is 0. The molecule has 1 atom stereocenters. The Morgan fingerprint density at radius 2 is 2.24 bits per heavy atom. The second kappa shape index (κ2) is 8.86. The molecular weight excluding hydrogens is 254 g/mol. The van der Waals surface area contributed by atoms with E-state index in [1.165, 1.54) is 6.42 Å². The van der Waals surface area contributed by atoms with Crippen LogP contribution in [0.4, 0.5) is 0 Å². The van der Waals surface area contributed by atoms with Crippen LogP contribution in [0.5, 0.6) is 0 Å². The van der Waals surface area contributed by atoms with Gasteiger partial charge in [-0.2, -0.15) is 0 Å². The Morgan fingerprint density at radius 1 is 1.53 bits per heavy atom. The molecule has 0 aliphatic carbocycles. The number of hydrogen-bond donors (Lipinski definition) is 1. The largest absolute Gasteiger partial charge is 0.310 e. The van der Waals surface area contributed by atoms with E-state index < -0.39 is 0 Å². The average molecular weight is 278 g/mol. The lowest BCUT2D eigenvalue weighted by atomic mass is 10.2. The fourth-order valence-electron chi connectivity index (χ4n) is 1.49. The molecule has 1 aromatic heterocycles. The third-order valence-corrected chi connectivity index (χ3v) is 3.78. The van der Waals surface area contributed by atoms with E-state index in [-0.39, 0.29) is 12.4 Å². The van der Waals surface area contributed by atoms with Gasteiger partial charge in [0.25, 0.3) is 0 Å². The van der Waals surface area contributed by atoms with Crippen molar-refractivity contribution in [2.24, 2.45) is 0 Å². The van der Waals surface area contributed by atoms with Gasteiger partial charge in [0.15, 0.2) is 0 Å². The lowest BCUT2D eigenvalue weighted by Crippen LogP contribution is -2.34. The molecule has 0 saturated carbocycles. The summed E-state index contributed by atoms with van der Waals surface area (Å²) in [7, 11) is 2.18. The number of thiazole rings is 1. The SMILES string of the molecule is CCC(C)N(C)CCNCc1csc(C)n1.Cl. The van der Waals surface area contributed by atoms with Gasteiger partial charge in [-0.3, -0.25) is 0 Å². The van der Waals surface area contributed by atoms with Crippen LogP contribution in [0.2, 0.25) is 0 Å². The van der Waals surface area contributed by atoms with Crippen molar-refractivity contribution < 1.29 is 0 Å². The first-order valence-corrected chi connectivity index (χ1v) is 6.83. The molecule has 0 aliphatic rings. The molecule has 0 fully saturated rings. The van der Waals surface area contributed by atoms with Gasteiger partial charge in [0.05, 0.1) is 10.7 Å². The Kier molecular flexibility index (Phi) is 8.78. The molecule has 3 nitrogen and oxygen atoms in total. The van der Waals surface area contributed by atoms with E-state index in [1.54, 1.807) is 11.3 Å². The highest BCUT2D eigenvalue weighted by Crippen LogP contribution is 2.07. The van der Waals surface area contributed by atoms with E-state index in [4.69, 9.17) is 0 Å². The number of nitrogens with one attached hydrogen (secondary N) is 1. The van der Waals surface area contributed by atoms with Crippen LogP contribution < -0.4 is 5.32 Å². The van der Waals surface area contributed by atoms with Gasteiger partial charge < -0.3 is 10.2 Å². The van der Waals surface area contributed by atoms with Crippen molar-refractivity contribution in [2.75, 3.05) is 20.1 Å². The van der Waals surface area contributed by atoms with Gasteiger partial charge in [-0.05, 0) is 27.3 Å². The molecule has 1 N–H and O–H groups in total. The van der Waals surface area contributed by atoms with Gasteiger partial charge >= 0.3 is 0 Å². The van der Waals surface area contributed by atoms with Crippen molar-refractivity contribution in [3.05, 3.63) is 16.1 Å². The van der Waals surface area contributed by atoms with Gasteiger partial charge in [-0.25, -0.2) is 4.98 Å². The first-order chi connectivity index (χ1) is 7.63. The standard InChI is InChI=1S/C12H23N3S.ClH/c1-5-10(2)15(4)7-6-13-8-12-9-16-11(3)14-12;/h9-10,13H,5-8H2,1-4H3;1H. The van der Waals surface area contributed by atoms with Crippen LogP contribution >= 0.6 is 23.7 Å². The highest BCUT2D eigenvalue weighted by Gasteiger charge is 2.05. The van der Waals surface area contributed by atoms with Gasteiger partial charge in [-0.15, -0.1) is 23.7 Å². The molecular formula is C12H24ClN3S. The summed E-state index contributed by atoms with van der Waals surface area (Å²) in [4.78, 5) is 6.81. The molecule has 0 aliphatic heterocycles. The maximum atomic E-state index is 4.42. The van der Waals surface area contributed by atoms with Crippen LogP contribution in [-0.2, 0) is 6.54 Å². The maximum Gasteiger partial charge on any atom is 0.0897 e. The fraction of sp³-hybridized carbons (Fsp3) is 0.750. The number of aryl methyl sites for hydroxylation is 1. The number of nitrogens with zero attached hydrogens (tertiary/aromatic N) is 2. The lowest BCUT2D eigenvalue weighted by Gasteiger charge is -2.23. The molecule has 1 rings (SSSR count). The summed E-state index contributed by atoms with van der Waals surface area (Å²) in [5, 5.41) is 6.70. The smallest absolute Gasteiger partial charge is 0.0897 e. The highest BCUT2D eigenvalue weighted by molar-refractivity contribution is 7.09. The topological polar surface area (TPSA) is 28.2 Å². The molecule has 0 amide bonds. The van der Waals surface area contributed by atoms with Gasteiger partial charge in [0.2, 0.25) is 0 Å². The monoisotopic (exact) mass is 277 g/mol. The molecule has 0 radical (unpaired) electrons. The zero-order chi connectivity index (χ0) is 12.0. The van der Waals surface area contributed by atoms with Crippen LogP contribution in [0.1, 0.15) is 31.0 Å². The Morgan fingerprint density at radius 3 is 2.76 bits per heavy atom. The summed E-state index contributed by atoms with van der Waals surface area (Å²) in [6, 6.07) is 0.670. The molecule has 17 heavy (non-hydrogen) atoms. The summed E-state index contributed by atoms with van der Waals surface area (Å²) in [5.74, 6) is 0. The number of aromatic nitrogens is 1. The van der Waals surface area contributed by atoms with Crippen LogP contribution in [0.25, 0.3) is 0 Å². The summed E-state index contributed by atoms with van der Waals surface area (Å²) in [5.41, 5.74) is 1.16. The summed E-state index contributed by atoms with van der Waals surface area (Å²) >= 11 is 1.72. The van der Waals surface area contributed by atoms with Crippen LogP contribution in [-0.4, -0.2) is 36.1 Å². The first-order valence-electron chi connectivity index (χ1n) is 5.95. The molecule has 100 valence electrons. The van der Waals surface area contributed by atoms with Crippen molar-refractivity contribution in [3.63, 3.8) is 0 Å². The second-order valence-corrected chi connectivity index (χ2v) is 5.33. The van der Waals surface area contributed by atoms with Crippen molar-refractivity contribution in [2.45, 2.75) is 39.8 Å². The molecule has 1 heterocycles. The lowest BCUT2D eigenvalue weighted by molar-refractivity contribution is 0.251. The third-order valence-electron chi connectivity index (χ3n) is 2.96. The number of likely N-dealkylation sites (N-methyl/N-ethyl adjacent to an activating group) is 1. The van der Waals surface area contributed by atoms with Crippen molar-refractivity contribution >= 4 is 23.7 Å². The van der Waals surface area contributed by atoms with Crippen LogP contribution in [0.15, 0.2) is 5.38 Å². The molecule has 5 heteroatoms. The second-order valence-electron chi connectivity index (χ2n) is 4.27. The molecule has 0 bridgehead atoms. The van der Waals surface area contributed by atoms with E-state index in [9.17, 15) is 0 Å². The van der Waals surface area contributed by atoms with Crippen molar-refractivity contribution in [1.29, 1.82) is 0 Å². The fourth-order valence-corrected chi connectivity index (χ4v) is 2.11. The summed E-state index contributed by atoms with van der Waals surface area (Å²) in [6.07, 6.45) is 1.21. The van der Waals surface area contributed by atoms with Gasteiger partial charge in [0.1, 0.15) is 0 Å². The average Bonchev–Trinajstić information content (AvgIpc) is 2.69. The number of rotatable bonds is 7. The molecule has 0 spiro atoms. The first kappa shape index (κ1) is 16.8.